The lowest BCUT2D eigenvalue weighted by Gasteiger charge is -2.33. The summed E-state index contributed by atoms with van der Waals surface area (Å²) in [6, 6.07) is 15.7. The van der Waals surface area contributed by atoms with E-state index < -0.39 is 0 Å². The third kappa shape index (κ3) is 4.98. The lowest BCUT2D eigenvalue weighted by Crippen LogP contribution is -2.35. The molecule has 1 N–H and O–H groups in total. The highest BCUT2D eigenvalue weighted by Gasteiger charge is 2.21. The van der Waals surface area contributed by atoms with Crippen LogP contribution in [0.5, 0.6) is 5.75 Å². The molecule has 1 aromatic heterocycles. The number of aromatic nitrogens is 1. The summed E-state index contributed by atoms with van der Waals surface area (Å²) in [5.74, 6) is 0.644. The van der Waals surface area contributed by atoms with Crippen LogP contribution in [-0.4, -0.2) is 47.4 Å². The van der Waals surface area contributed by atoms with Crippen molar-refractivity contribution < 1.29 is 14.2 Å². The lowest BCUT2D eigenvalue weighted by molar-refractivity contribution is 0.187. The molecule has 154 valence electrons. The standard InChI is InChI=1S/C24H29FN2O2/c25-21-6-3-19(4-7-21)2-1-12-26-13-10-22(11-14-26)27-15-9-20-5-8-23(18-24(20)27)29-17-16-28/h3-9,15,18,22,28H,1-2,10-14,16-17H2. The summed E-state index contributed by atoms with van der Waals surface area (Å²) in [4.78, 5) is 2.54. The summed E-state index contributed by atoms with van der Waals surface area (Å²) in [6.07, 6.45) is 6.58. The highest BCUT2D eigenvalue weighted by atomic mass is 19.1. The van der Waals surface area contributed by atoms with Gasteiger partial charge in [0.05, 0.1) is 12.1 Å². The highest BCUT2D eigenvalue weighted by molar-refractivity contribution is 5.81. The molecule has 2 heterocycles. The summed E-state index contributed by atoms with van der Waals surface area (Å²) >= 11 is 0. The van der Waals surface area contributed by atoms with Crippen molar-refractivity contribution in [3.05, 3.63) is 66.1 Å². The maximum absolute atomic E-state index is 13.0. The number of hydrogen-bond acceptors (Lipinski definition) is 3. The van der Waals surface area contributed by atoms with Crippen molar-refractivity contribution in [2.75, 3.05) is 32.8 Å². The summed E-state index contributed by atoms with van der Waals surface area (Å²) in [6.45, 7) is 3.65. The summed E-state index contributed by atoms with van der Waals surface area (Å²) in [7, 11) is 0. The van der Waals surface area contributed by atoms with Gasteiger partial charge in [0.1, 0.15) is 18.2 Å². The Morgan fingerprint density at radius 2 is 1.83 bits per heavy atom. The number of piperidine rings is 1. The van der Waals surface area contributed by atoms with Crippen molar-refractivity contribution >= 4 is 10.9 Å². The number of benzene rings is 2. The molecule has 0 bridgehead atoms. The highest BCUT2D eigenvalue weighted by Crippen LogP contribution is 2.30. The topological polar surface area (TPSA) is 37.6 Å². The van der Waals surface area contributed by atoms with Crippen LogP contribution in [0, 0.1) is 5.82 Å². The van der Waals surface area contributed by atoms with Crippen LogP contribution >= 0.6 is 0 Å². The molecule has 1 fully saturated rings. The van der Waals surface area contributed by atoms with Crippen LogP contribution in [0.3, 0.4) is 0 Å². The number of hydrogen-bond donors (Lipinski definition) is 1. The number of nitrogens with zero attached hydrogens (tertiary/aromatic N) is 2. The van der Waals surface area contributed by atoms with Crippen LogP contribution in [0.15, 0.2) is 54.7 Å². The Balaban J connectivity index is 1.30. The Hall–Kier alpha value is -2.37. The van der Waals surface area contributed by atoms with E-state index in [4.69, 9.17) is 9.84 Å². The lowest BCUT2D eigenvalue weighted by atomic mass is 10.0. The van der Waals surface area contributed by atoms with Gasteiger partial charge in [-0.3, -0.25) is 0 Å². The van der Waals surface area contributed by atoms with E-state index in [2.05, 4.69) is 33.9 Å². The number of rotatable bonds is 8. The molecule has 4 rings (SSSR count). The minimum atomic E-state index is -0.166. The zero-order valence-electron chi connectivity index (χ0n) is 16.8. The first-order valence-corrected chi connectivity index (χ1v) is 10.5. The molecule has 3 aromatic rings. The minimum absolute atomic E-state index is 0.0265. The Kier molecular flexibility index (Phi) is 6.47. The van der Waals surface area contributed by atoms with E-state index in [0.29, 0.717) is 12.6 Å². The third-order valence-electron chi connectivity index (χ3n) is 5.86. The van der Waals surface area contributed by atoms with Crippen LogP contribution in [0.25, 0.3) is 10.9 Å². The van der Waals surface area contributed by atoms with Gasteiger partial charge in [-0.1, -0.05) is 12.1 Å². The molecule has 0 saturated carbocycles. The molecule has 29 heavy (non-hydrogen) atoms. The van der Waals surface area contributed by atoms with Crippen molar-refractivity contribution in [1.29, 1.82) is 0 Å². The number of fused-ring (bicyclic) bond motifs is 1. The van der Waals surface area contributed by atoms with Crippen LogP contribution in [-0.2, 0) is 6.42 Å². The van der Waals surface area contributed by atoms with Crippen LogP contribution in [0.4, 0.5) is 4.39 Å². The maximum Gasteiger partial charge on any atom is 0.123 e. The molecular formula is C24H29FN2O2. The second-order valence-electron chi connectivity index (χ2n) is 7.82. The van der Waals surface area contributed by atoms with Crippen LogP contribution < -0.4 is 4.74 Å². The van der Waals surface area contributed by atoms with Gasteiger partial charge < -0.3 is 19.3 Å². The summed E-state index contributed by atoms with van der Waals surface area (Å²) in [5, 5.41) is 10.2. The van der Waals surface area contributed by atoms with Gasteiger partial charge in [0.15, 0.2) is 0 Å². The molecule has 1 saturated heterocycles. The molecule has 1 aliphatic heterocycles. The van der Waals surface area contributed by atoms with Crippen molar-refractivity contribution in [3.8, 4) is 5.75 Å². The molecule has 2 aromatic carbocycles. The van der Waals surface area contributed by atoms with Gasteiger partial charge in [0, 0.05) is 31.4 Å². The van der Waals surface area contributed by atoms with E-state index in [9.17, 15) is 4.39 Å². The monoisotopic (exact) mass is 396 g/mol. The number of aryl methyl sites for hydroxylation is 1. The van der Waals surface area contributed by atoms with E-state index >= 15 is 0 Å². The maximum atomic E-state index is 13.0. The second kappa shape index (κ2) is 9.42. The van der Waals surface area contributed by atoms with Gasteiger partial charge in [0.2, 0.25) is 0 Å². The number of aliphatic hydroxyl groups excluding tert-OH is 1. The fourth-order valence-electron chi connectivity index (χ4n) is 4.28. The molecule has 0 atom stereocenters. The van der Waals surface area contributed by atoms with Crippen molar-refractivity contribution in [2.24, 2.45) is 0 Å². The molecule has 0 spiro atoms. The SMILES string of the molecule is OCCOc1ccc2ccn(C3CCN(CCCc4ccc(F)cc4)CC3)c2c1. The normalized spacial score (nSPS) is 15.8. The van der Waals surface area contributed by atoms with E-state index in [0.717, 1.165) is 51.1 Å². The van der Waals surface area contributed by atoms with Crippen molar-refractivity contribution in [1.82, 2.24) is 9.47 Å². The predicted octanol–water partition coefficient (Wildman–Crippen LogP) is 4.42. The molecular weight excluding hydrogens is 367 g/mol. The zero-order valence-corrected chi connectivity index (χ0v) is 16.8. The second-order valence-corrected chi connectivity index (χ2v) is 7.82. The average Bonchev–Trinajstić information content (AvgIpc) is 3.17. The van der Waals surface area contributed by atoms with Gasteiger partial charge in [-0.25, -0.2) is 4.39 Å². The quantitative estimate of drug-likeness (QED) is 0.612. The minimum Gasteiger partial charge on any atom is -0.491 e. The first kappa shape index (κ1) is 19.9. The molecule has 0 radical (unpaired) electrons. The van der Waals surface area contributed by atoms with Gasteiger partial charge in [-0.05, 0) is 73.5 Å². The molecule has 1 aliphatic rings. The Morgan fingerprint density at radius 1 is 1.03 bits per heavy atom. The van der Waals surface area contributed by atoms with Gasteiger partial charge in [-0.2, -0.15) is 0 Å². The smallest absolute Gasteiger partial charge is 0.123 e. The van der Waals surface area contributed by atoms with Crippen molar-refractivity contribution in [2.45, 2.75) is 31.7 Å². The molecule has 4 nitrogen and oxygen atoms in total. The summed E-state index contributed by atoms with van der Waals surface area (Å²) < 4.78 is 21.0. The molecule has 0 aliphatic carbocycles. The average molecular weight is 397 g/mol. The Bertz CT molecular complexity index is 914. The van der Waals surface area contributed by atoms with E-state index in [1.54, 1.807) is 12.1 Å². The van der Waals surface area contributed by atoms with Gasteiger partial charge in [-0.15, -0.1) is 0 Å². The van der Waals surface area contributed by atoms with E-state index in [1.807, 2.05) is 18.2 Å². The number of ether oxygens (including phenoxy) is 1. The molecule has 0 amide bonds. The number of likely N-dealkylation sites (tertiary alicyclic amines) is 1. The predicted molar refractivity (Wildman–Crippen MR) is 114 cm³/mol. The fraction of sp³-hybridized carbons (Fsp3) is 0.417. The zero-order chi connectivity index (χ0) is 20.1. The summed E-state index contributed by atoms with van der Waals surface area (Å²) in [5.41, 5.74) is 2.41. The third-order valence-corrected chi connectivity index (χ3v) is 5.86. The van der Waals surface area contributed by atoms with E-state index in [1.165, 1.54) is 16.5 Å². The van der Waals surface area contributed by atoms with E-state index in [-0.39, 0.29) is 12.4 Å². The number of aliphatic hydroxyl groups is 1. The van der Waals surface area contributed by atoms with Gasteiger partial charge >= 0.3 is 0 Å². The van der Waals surface area contributed by atoms with Crippen molar-refractivity contribution in [3.63, 3.8) is 0 Å². The number of halogens is 1. The Labute approximate surface area is 171 Å². The van der Waals surface area contributed by atoms with Crippen LogP contribution in [0.2, 0.25) is 0 Å². The first-order chi connectivity index (χ1) is 14.2. The largest absolute Gasteiger partial charge is 0.491 e. The molecule has 0 unspecified atom stereocenters. The molecule has 5 heteroatoms. The first-order valence-electron chi connectivity index (χ1n) is 10.5. The van der Waals surface area contributed by atoms with Gasteiger partial charge in [0.25, 0.3) is 0 Å². The Morgan fingerprint density at radius 3 is 2.59 bits per heavy atom. The van der Waals surface area contributed by atoms with Crippen LogP contribution in [0.1, 0.15) is 30.9 Å². The fourth-order valence-corrected chi connectivity index (χ4v) is 4.28.